The molecule has 2 aliphatic rings. The van der Waals surface area contributed by atoms with Crippen molar-refractivity contribution < 1.29 is 19.2 Å². The number of rotatable bonds is 8. The van der Waals surface area contributed by atoms with Crippen LogP contribution in [0.25, 0.3) is 0 Å². The number of nitrogens with one attached hydrogen (secondary N) is 1. The van der Waals surface area contributed by atoms with Crippen LogP contribution < -0.4 is 10.1 Å². The van der Waals surface area contributed by atoms with Gasteiger partial charge in [0.1, 0.15) is 18.8 Å². The number of aliphatic hydroxyl groups excluding tert-OH is 1. The fraction of sp³-hybridized carbons (Fsp3) is 0.478. The van der Waals surface area contributed by atoms with Crippen molar-refractivity contribution in [2.45, 2.75) is 32.6 Å². The molecular formula is C23H30ClN2O3+. The van der Waals surface area contributed by atoms with E-state index >= 15 is 0 Å². The number of amides is 1. The first-order valence-corrected chi connectivity index (χ1v) is 10.7. The van der Waals surface area contributed by atoms with Gasteiger partial charge in [0, 0.05) is 42.1 Å². The topological polar surface area (TPSA) is 61.6 Å². The first-order valence-electron chi connectivity index (χ1n) is 10.4. The van der Waals surface area contributed by atoms with E-state index in [2.05, 4.69) is 16.0 Å². The maximum atomic E-state index is 12.0. The minimum absolute atomic E-state index is 0.0626. The maximum absolute atomic E-state index is 12.0. The number of carbonyl (C=O) groups excluding carboxylic acids is 1. The Hall–Kier alpha value is -2.11. The summed E-state index contributed by atoms with van der Waals surface area (Å²) in [4.78, 5) is 12.0. The van der Waals surface area contributed by atoms with Gasteiger partial charge in [-0.25, -0.2) is 4.58 Å². The molecule has 0 aromatic heterocycles. The Morgan fingerprint density at radius 2 is 2.10 bits per heavy atom. The monoisotopic (exact) mass is 417 g/mol. The predicted octanol–water partition coefficient (Wildman–Crippen LogP) is 3.43. The Kier molecular flexibility index (Phi) is 7.90. The normalized spacial score (nSPS) is 18.7. The van der Waals surface area contributed by atoms with Crippen LogP contribution in [-0.4, -0.2) is 54.1 Å². The van der Waals surface area contributed by atoms with E-state index in [0.29, 0.717) is 12.2 Å². The third-order valence-corrected chi connectivity index (χ3v) is 5.78. The van der Waals surface area contributed by atoms with E-state index in [1.807, 2.05) is 31.2 Å². The van der Waals surface area contributed by atoms with Crippen molar-refractivity contribution in [1.29, 1.82) is 0 Å². The van der Waals surface area contributed by atoms with Gasteiger partial charge in [-0.15, -0.1) is 0 Å². The number of nitrogens with zero attached hydrogens (tertiary/aromatic N) is 1. The lowest BCUT2D eigenvalue weighted by Crippen LogP contribution is -2.29. The average Bonchev–Trinajstić information content (AvgIpc) is 3.16. The smallest absolute Gasteiger partial charge is 0.251 e. The number of allylic oxidation sites excluding steroid dienone is 4. The van der Waals surface area contributed by atoms with Crippen LogP contribution >= 0.6 is 11.6 Å². The van der Waals surface area contributed by atoms with Crippen molar-refractivity contribution in [1.82, 2.24) is 5.32 Å². The molecule has 0 unspecified atom stereocenters. The molecule has 1 aromatic rings. The average molecular weight is 418 g/mol. The molecule has 29 heavy (non-hydrogen) atoms. The van der Waals surface area contributed by atoms with E-state index in [1.54, 1.807) is 6.07 Å². The Labute approximate surface area is 177 Å². The number of hydrogen-bond acceptors (Lipinski definition) is 3. The summed E-state index contributed by atoms with van der Waals surface area (Å²) in [6.07, 6.45) is 10.7. The Balaban J connectivity index is 1.38. The molecule has 2 N–H and O–H groups in total. The molecule has 1 heterocycles. The summed E-state index contributed by atoms with van der Waals surface area (Å²) in [5.74, 6) is 1.38. The van der Waals surface area contributed by atoms with E-state index in [1.165, 1.54) is 25.0 Å². The van der Waals surface area contributed by atoms with Gasteiger partial charge in [-0.3, -0.25) is 4.79 Å². The van der Waals surface area contributed by atoms with Crippen LogP contribution in [0.2, 0.25) is 0 Å². The van der Waals surface area contributed by atoms with Crippen LogP contribution in [0.5, 0.6) is 5.75 Å². The lowest BCUT2D eigenvalue weighted by molar-refractivity contribution is -0.539. The van der Waals surface area contributed by atoms with Gasteiger partial charge in [-0.1, -0.05) is 11.6 Å². The van der Waals surface area contributed by atoms with Crippen LogP contribution in [0, 0.1) is 12.8 Å². The molecule has 6 heteroatoms. The zero-order valence-corrected chi connectivity index (χ0v) is 17.8. The van der Waals surface area contributed by atoms with Crippen molar-refractivity contribution in [3.8, 4) is 5.75 Å². The highest BCUT2D eigenvalue weighted by atomic mass is 35.5. The zero-order valence-electron chi connectivity index (χ0n) is 17.0. The lowest BCUT2D eigenvalue weighted by Gasteiger charge is -2.21. The molecule has 1 aliphatic carbocycles. The number of aliphatic hydroxyl groups is 1. The molecule has 1 amide bonds. The molecule has 1 saturated heterocycles. The largest absolute Gasteiger partial charge is 0.494 e. The number of ether oxygens (including phenoxy) is 1. The number of piperidine rings is 1. The van der Waals surface area contributed by atoms with Gasteiger partial charge in [-0.2, -0.15) is 0 Å². The third-order valence-electron chi connectivity index (χ3n) is 5.54. The maximum Gasteiger partial charge on any atom is 0.251 e. The molecule has 0 atom stereocenters. The number of hydrogen-bond donors (Lipinski definition) is 2. The van der Waals surface area contributed by atoms with Gasteiger partial charge in [0.05, 0.1) is 13.2 Å². The van der Waals surface area contributed by atoms with Gasteiger partial charge >= 0.3 is 0 Å². The molecular weight excluding hydrogens is 388 g/mol. The highest BCUT2D eigenvalue weighted by molar-refractivity contribution is 6.34. The summed E-state index contributed by atoms with van der Waals surface area (Å²) in [6.45, 7) is 4.96. The lowest BCUT2D eigenvalue weighted by atomic mass is 9.93. The number of halogens is 1. The Morgan fingerprint density at radius 1 is 1.31 bits per heavy atom. The summed E-state index contributed by atoms with van der Waals surface area (Å²) in [5, 5.41) is 12.3. The molecule has 0 radical (unpaired) electrons. The van der Waals surface area contributed by atoms with Gasteiger partial charge in [0.2, 0.25) is 5.71 Å². The van der Waals surface area contributed by atoms with Crippen LogP contribution in [0.1, 0.15) is 41.6 Å². The second kappa shape index (κ2) is 10.6. The van der Waals surface area contributed by atoms with Gasteiger partial charge in [0.25, 0.3) is 5.91 Å². The van der Waals surface area contributed by atoms with E-state index in [-0.39, 0.29) is 19.1 Å². The summed E-state index contributed by atoms with van der Waals surface area (Å²) in [5.41, 5.74) is 2.72. The highest BCUT2D eigenvalue weighted by Gasteiger charge is 2.23. The van der Waals surface area contributed by atoms with E-state index in [0.717, 1.165) is 41.8 Å². The molecule has 0 spiro atoms. The molecule has 0 bridgehead atoms. The van der Waals surface area contributed by atoms with Crippen molar-refractivity contribution >= 4 is 23.2 Å². The molecule has 0 saturated carbocycles. The predicted molar refractivity (Wildman–Crippen MR) is 116 cm³/mol. The number of carbonyl (C=O) groups is 1. The number of benzene rings is 1. The van der Waals surface area contributed by atoms with Crippen molar-refractivity contribution in [2.24, 2.45) is 5.92 Å². The summed E-state index contributed by atoms with van der Waals surface area (Å²) >= 11 is 6.03. The molecule has 1 aliphatic heterocycles. The van der Waals surface area contributed by atoms with Gasteiger partial charge in [-0.05, 0) is 55.5 Å². The van der Waals surface area contributed by atoms with Crippen molar-refractivity contribution in [2.75, 3.05) is 32.8 Å². The molecule has 3 rings (SSSR count). The molecule has 156 valence electrons. The Morgan fingerprint density at radius 3 is 2.76 bits per heavy atom. The zero-order chi connectivity index (χ0) is 20.6. The van der Waals surface area contributed by atoms with Crippen molar-refractivity contribution in [3.63, 3.8) is 0 Å². The first-order chi connectivity index (χ1) is 14.1. The van der Waals surface area contributed by atoms with Gasteiger partial charge < -0.3 is 15.2 Å². The second-order valence-corrected chi connectivity index (χ2v) is 8.10. The fourth-order valence-corrected chi connectivity index (χ4v) is 4.06. The summed E-state index contributed by atoms with van der Waals surface area (Å²) < 4.78 is 8.31. The fourth-order valence-electron chi connectivity index (χ4n) is 3.89. The first kappa shape index (κ1) is 21.6. The van der Waals surface area contributed by atoms with Crippen molar-refractivity contribution in [3.05, 3.63) is 52.6 Å². The minimum atomic E-state index is -0.168. The third kappa shape index (κ3) is 6.18. The van der Waals surface area contributed by atoms with E-state index in [4.69, 9.17) is 21.4 Å². The highest BCUT2D eigenvalue weighted by Crippen LogP contribution is 2.23. The van der Waals surface area contributed by atoms with E-state index in [9.17, 15) is 4.79 Å². The quantitative estimate of drug-likeness (QED) is 0.503. The summed E-state index contributed by atoms with van der Waals surface area (Å²) in [7, 11) is 0. The molecule has 5 nitrogen and oxygen atoms in total. The minimum Gasteiger partial charge on any atom is -0.494 e. The van der Waals surface area contributed by atoms with Gasteiger partial charge in [0.15, 0.2) is 0 Å². The van der Waals surface area contributed by atoms with Crippen LogP contribution in [-0.2, 0) is 0 Å². The molecule has 1 fully saturated rings. The van der Waals surface area contributed by atoms with Crippen LogP contribution in [0.15, 0.2) is 41.5 Å². The van der Waals surface area contributed by atoms with E-state index < -0.39 is 0 Å². The second-order valence-electron chi connectivity index (χ2n) is 7.66. The summed E-state index contributed by atoms with van der Waals surface area (Å²) in [6, 6.07) is 5.52. The van der Waals surface area contributed by atoms with Crippen LogP contribution in [0.4, 0.5) is 0 Å². The number of aryl methyl sites for hydroxylation is 1. The SMILES string of the molecule is Cc1cc(OCCCC2CC[N+](=C3C=CC(Cl)=C3)CC2)ccc1C(=O)NCCO. The van der Waals surface area contributed by atoms with Crippen LogP contribution in [0.3, 0.4) is 0 Å². The Bertz CT molecular complexity index is 819. The standard InChI is InChI=1S/C23H29ClN2O3/c1-17-15-21(6-7-22(17)23(28)25-10-13-27)29-14-2-3-18-8-11-26(12-9-18)20-5-4-19(24)16-20/h4-7,15-16,18,27H,2-3,8-14H2,1H3/p+1. The molecule has 1 aromatic carbocycles.